The molecule has 0 spiro atoms. The van der Waals surface area contributed by atoms with Crippen LogP contribution in [0.1, 0.15) is 11.6 Å². The molecule has 0 aliphatic carbocycles. The predicted molar refractivity (Wildman–Crippen MR) is 58.5 cm³/mol. The van der Waals surface area contributed by atoms with Gasteiger partial charge >= 0.3 is 0 Å². The third kappa shape index (κ3) is 1.72. The molecular weight excluding hydrogens is 212 g/mol. The van der Waals surface area contributed by atoms with Crippen LogP contribution in [-0.4, -0.2) is 11.5 Å². The van der Waals surface area contributed by atoms with Crippen LogP contribution in [0.3, 0.4) is 0 Å². The van der Waals surface area contributed by atoms with Crippen molar-refractivity contribution in [2.24, 2.45) is 5.73 Å². The molecule has 0 saturated carbocycles. The van der Waals surface area contributed by atoms with Gasteiger partial charge in [-0.25, -0.2) is 8.78 Å². The fourth-order valence-corrected chi connectivity index (χ4v) is 1.76. The van der Waals surface area contributed by atoms with Crippen molar-refractivity contribution in [2.75, 3.05) is 0 Å². The Kier molecular flexibility index (Phi) is 2.75. The summed E-state index contributed by atoms with van der Waals surface area (Å²) in [5, 5.41) is 11.0. The Bertz CT molecular complexity index is 513. The quantitative estimate of drug-likeness (QED) is 0.822. The van der Waals surface area contributed by atoms with Gasteiger partial charge in [-0.15, -0.1) is 0 Å². The van der Waals surface area contributed by atoms with Gasteiger partial charge in [0.05, 0.1) is 6.04 Å². The average Bonchev–Trinajstić information content (AvgIpc) is 2.28. The molecule has 0 unspecified atom stereocenters. The first-order chi connectivity index (χ1) is 7.61. The Morgan fingerprint density at radius 1 is 1.06 bits per heavy atom. The number of halogens is 2. The maximum absolute atomic E-state index is 12.6. The van der Waals surface area contributed by atoms with Gasteiger partial charge in [0.15, 0.2) is 0 Å². The number of rotatable bonds is 2. The highest BCUT2D eigenvalue weighted by Crippen LogP contribution is 2.33. The van der Waals surface area contributed by atoms with E-state index in [0.717, 1.165) is 5.39 Å². The Morgan fingerprint density at radius 2 is 1.75 bits per heavy atom. The van der Waals surface area contributed by atoms with Gasteiger partial charge in [-0.1, -0.05) is 30.3 Å². The van der Waals surface area contributed by atoms with E-state index in [-0.39, 0.29) is 11.3 Å². The summed E-state index contributed by atoms with van der Waals surface area (Å²) in [5.41, 5.74) is 5.50. The van der Waals surface area contributed by atoms with Gasteiger partial charge in [0.1, 0.15) is 5.75 Å². The first kappa shape index (κ1) is 10.8. The number of hydrogen-bond acceptors (Lipinski definition) is 2. The molecule has 0 fully saturated rings. The summed E-state index contributed by atoms with van der Waals surface area (Å²) < 4.78 is 25.2. The van der Waals surface area contributed by atoms with E-state index in [9.17, 15) is 13.9 Å². The first-order valence-electron chi connectivity index (χ1n) is 4.85. The highest BCUT2D eigenvalue weighted by molar-refractivity contribution is 5.88. The number of aromatic hydroxyl groups is 1. The van der Waals surface area contributed by atoms with Crippen molar-refractivity contribution in [1.82, 2.24) is 0 Å². The summed E-state index contributed by atoms with van der Waals surface area (Å²) in [6, 6.07) is 8.58. The molecular formula is C12H11F2NO. The number of fused-ring (bicyclic) bond motifs is 1. The summed E-state index contributed by atoms with van der Waals surface area (Å²) >= 11 is 0. The van der Waals surface area contributed by atoms with E-state index in [4.69, 9.17) is 5.73 Å². The van der Waals surface area contributed by atoms with Crippen molar-refractivity contribution >= 4 is 10.8 Å². The monoisotopic (exact) mass is 223 g/mol. The molecule has 0 aromatic heterocycles. The minimum absolute atomic E-state index is 0.105. The van der Waals surface area contributed by atoms with Crippen LogP contribution in [0.5, 0.6) is 5.75 Å². The van der Waals surface area contributed by atoms with Crippen molar-refractivity contribution < 1.29 is 13.9 Å². The molecule has 2 aromatic carbocycles. The fraction of sp³-hybridized carbons (Fsp3) is 0.167. The van der Waals surface area contributed by atoms with E-state index < -0.39 is 12.5 Å². The molecule has 84 valence electrons. The molecule has 0 aliphatic rings. The highest BCUT2D eigenvalue weighted by Gasteiger charge is 2.22. The van der Waals surface area contributed by atoms with E-state index in [0.29, 0.717) is 5.39 Å². The molecule has 4 heteroatoms. The Morgan fingerprint density at radius 3 is 2.44 bits per heavy atom. The lowest BCUT2D eigenvalue weighted by molar-refractivity contribution is 0.116. The zero-order valence-corrected chi connectivity index (χ0v) is 8.40. The van der Waals surface area contributed by atoms with Crippen LogP contribution in [0.4, 0.5) is 8.78 Å². The second-order valence-electron chi connectivity index (χ2n) is 3.58. The van der Waals surface area contributed by atoms with Gasteiger partial charge in [0.2, 0.25) is 0 Å². The molecule has 0 heterocycles. The van der Waals surface area contributed by atoms with Crippen molar-refractivity contribution in [3.05, 3.63) is 42.0 Å². The SMILES string of the molecule is N[C@H](c1c(O)ccc2ccccc12)C(F)F. The molecule has 0 amide bonds. The largest absolute Gasteiger partial charge is 0.508 e. The molecule has 16 heavy (non-hydrogen) atoms. The third-order valence-electron chi connectivity index (χ3n) is 2.55. The van der Waals surface area contributed by atoms with Gasteiger partial charge in [0, 0.05) is 5.56 Å². The standard InChI is InChI=1S/C12H11F2NO/c13-12(14)11(15)10-8-4-2-1-3-7(8)5-6-9(10)16/h1-6,11-12,16H,15H2/t11-/m1/s1. The molecule has 0 saturated heterocycles. The van der Waals surface area contributed by atoms with Crippen molar-refractivity contribution in [2.45, 2.75) is 12.5 Å². The lowest BCUT2D eigenvalue weighted by Gasteiger charge is -2.15. The smallest absolute Gasteiger partial charge is 0.257 e. The van der Waals surface area contributed by atoms with Crippen LogP contribution < -0.4 is 5.73 Å². The summed E-state index contributed by atoms with van der Waals surface area (Å²) in [7, 11) is 0. The highest BCUT2D eigenvalue weighted by atomic mass is 19.3. The summed E-state index contributed by atoms with van der Waals surface area (Å²) in [6.07, 6.45) is -2.70. The number of phenols is 1. The molecule has 0 aliphatic heterocycles. The second kappa shape index (κ2) is 4.06. The van der Waals surface area contributed by atoms with E-state index >= 15 is 0 Å². The van der Waals surface area contributed by atoms with Crippen LogP contribution in [0.25, 0.3) is 10.8 Å². The number of alkyl halides is 2. The lowest BCUT2D eigenvalue weighted by Crippen LogP contribution is -2.19. The third-order valence-corrected chi connectivity index (χ3v) is 2.55. The minimum Gasteiger partial charge on any atom is -0.508 e. The predicted octanol–water partition coefficient (Wildman–Crippen LogP) is 2.81. The summed E-state index contributed by atoms with van der Waals surface area (Å²) in [4.78, 5) is 0. The Balaban J connectivity index is 2.70. The topological polar surface area (TPSA) is 46.2 Å². The van der Waals surface area contributed by atoms with Gasteiger partial charge in [-0.3, -0.25) is 0 Å². The second-order valence-corrected chi connectivity index (χ2v) is 3.58. The molecule has 1 atom stereocenters. The maximum Gasteiger partial charge on any atom is 0.257 e. The number of benzene rings is 2. The molecule has 0 radical (unpaired) electrons. The zero-order valence-electron chi connectivity index (χ0n) is 8.40. The van der Waals surface area contributed by atoms with E-state index in [1.807, 2.05) is 0 Å². The Labute approximate surface area is 91.3 Å². The minimum atomic E-state index is -2.70. The fourth-order valence-electron chi connectivity index (χ4n) is 1.76. The molecule has 3 N–H and O–H groups in total. The summed E-state index contributed by atoms with van der Waals surface area (Å²) in [5.74, 6) is -0.188. The molecule has 2 nitrogen and oxygen atoms in total. The van der Waals surface area contributed by atoms with E-state index in [1.54, 1.807) is 30.3 Å². The zero-order chi connectivity index (χ0) is 11.7. The van der Waals surface area contributed by atoms with Crippen molar-refractivity contribution in [3.8, 4) is 5.75 Å². The number of phenolic OH excluding ortho intramolecular Hbond substituents is 1. The molecule has 2 aromatic rings. The van der Waals surface area contributed by atoms with Crippen LogP contribution in [0.2, 0.25) is 0 Å². The van der Waals surface area contributed by atoms with Gasteiger partial charge < -0.3 is 10.8 Å². The van der Waals surface area contributed by atoms with E-state index in [1.165, 1.54) is 6.07 Å². The summed E-state index contributed by atoms with van der Waals surface area (Å²) in [6.45, 7) is 0. The number of nitrogens with two attached hydrogens (primary N) is 1. The normalized spacial score (nSPS) is 13.2. The van der Waals surface area contributed by atoms with Gasteiger partial charge in [-0.2, -0.15) is 0 Å². The maximum atomic E-state index is 12.6. The van der Waals surface area contributed by atoms with Crippen LogP contribution in [-0.2, 0) is 0 Å². The van der Waals surface area contributed by atoms with Crippen molar-refractivity contribution in [1.29, 1.82) is 0 Å². The van der Waals surface area contributed by atoms with Crippen LogP contribution >= 0.6 is 0 Å². The average molecular weight is 223 g/mol. The van der Waals surface area contributed by atoms with Gasteiger partial charge in [0.25, 0.3) is 6.43 Å². The number of hydrogen-bond donors (Lipinski definition) is 2. The van der Waals surface area contributed by atoms with Crippen LogP contribution in [0.15, 0.2) is 36.4 Å². The molecule has 0 bridgehead atoms. The van der Waals surface area contributed by atoms with Crippen LogP contribution in [0, 0.1) is 0 Å². The van der Waals surface area contributed by atoms with E-state index in [2.05, 4.69) is 0 Å². The Hall–Kier alpha value is -1.68. The lowest BCUT2D eigenvalue weighted by atomic mass is 9.98. The van der Waals surface area contributed by atoms with Gasteiger partial charge in [-0.05, 0) is 16.8 Å². The molecule has 2 rings (SSSR count). The van der Waals surface area contributed by atoms with Crippen molar-refractivity contribution in [3.63, 3.8) is 0 Å². The first-order valence-corrected chi connectivity index (χ1v) is 4.85.